The molecular formula is C15H16O3. The zero-order valence-corrected chi connectivity index (χ0v) is 10.2. The fourth-order valence-electron chi connectivity index (χ4n) is 1.73. The van der Waals surface area contributed by atoms with Crippen LogP contribution in [0, 0.1) is 0 Å². The highest BCUT2D eigenvalue weighted by atomic mass is 16.8. The van der Waals surface area contributed by atoms with E-state index in [0.717, 1.165) is 12.0 Å². The summed E-state index contributed by atoms with van der Waals surface area (Å²) in [5.41, 5.74) is 2.38. The molecule has 0 radical (unpaired) electrons. The summed E-state index contributed by atoms with van der Waals surface area (Å²) in [6.45, 7) is 1.17. The Bertz CT molecular complexity index is 483. The molecule has 0 aliphatic carbocycles. The third-order valence-corrected chi connectivity index (χ3v) is 2.49. The van der Waals surface area contributed by atoms with Gasteiger partial charge in [-0.2, -0.15) is 0 Å². The van der Waals surface area contributed by atoms with E-state index in [2.05, 4.69) is 12.1 Å². The summed E-state index contributed by atoms with van der Waals surface area (Å²) in [7, 11) is 0. The molecule has 0 unspecified atom stereocenters. The van der Waals surface area contributed by atoms with Crippen molar-refractivity contribution >= 4 is 0 Å². The molecule has 2 aromatic rings. The van der Waals surface area contributed by atoms with Gasteiger partial charge in [0.05, 0.1) is 0 Å². The molecule has 0 bridgehead atoms. The van der Waals surface area contributed by atoms with Crippen molar-refractivity contribution in [3.05, 3.63) is 65.7 Å². The number of ether oxygens (including phenoxy) is 1. The first-order valence-corrected chi connectivity index (χ1v) is 5.79. The maximum absolute atomic E-state index is 9.11. The molecule has 0 aliphatic rings. The zero-order chi connectivity index (χ0) is 13.0. The minimum Gasteiger partial charge on any atom is -0.439 e. The van der Waals surface area contributed by atoms with Crippen molar-refractivity contribution in [2.24, 2.45) is 0 Å². The minimum absolute atomic E-state index is 0.430. The first-order valence-electron chi connectivity index (χ1n) is 5.79. The fourth-order valence-corrected chi connectivity index (χ4v) is 1.73. The summed E-state index contributed by atoms with van der Waals surface area (Å²) >= 11 is 0. The molecule has 0 aliphatic heterocycles. The second-order valence-corrected chi connectivity index (χ2v) is 4.34. The van der Waals surface area contributed by atoms with Gasteiger partial charge in [-0.1, -0.05) is 42.5 Å². The van der Waals surface area contributed by atoms with E-state index < -0.39 is 5.97 Å². The van der Waals surface area contributed by atoms with Gasteiger partial charge in [-0.25, -0.2) is 0 Å². The van der Waals surface area contributed by atoms with Gasteiger partial charge in [-0.05, 0) is 29.7 Å². The average Bonchev–Trinajstić information content (AvgIpc) is 2.31. The van der Waals surface area contributed by atoms with Crippen LogP contribution in [0.1, 0.15) is 18.1 Å². The Labute approximate surface area is 106 Å². The number of rotatable bonds is 4. The number of hydrogen-bond acceptors (Lipinski definition) is 3. The van der Waals surface area contributed by atoms with Crippen LogP contribution in [0.4, 0.5) is 0 Å². The predicted molar refractivity (Wildman–Crippen MR) is 69.2 cm³/mol. The summed E-state index contributed by atoms with van der Waals surface area (Å²) < 4.78 is 4.92. The van der Waals surface area contributed by atoms with Crippen LogP contribution in [0.3, 0.4) is 0 Å². The third-order valence-electron chi connectivity index (χ3n) is 2.49. The first kappa shape index (κ1) is 12.6. The summed E-state index contributed by atoms with van der Waals surface area (Å²) in [5, 5.41) is 18.2. The minimum atomic E-state index is -2.14. The van der Waals surface area contributed by atoms with Gasteiger partial charge in [0.25, 0.3) is 0 Å². The molecule has 94 valence electrons. The molecule has 0 spiro atoms. The van der Waals surface area contributed by atoms with Gasteiger partial charge < -0.3 is 14.9 Å². The topological polar surface area (TPSA) is 49.7 Å². The van der Waals surface area contributed by atoms with E-state index >= 15 is 0 Å². The number of aliphatic hydroxyl groups is 2. The Balaban J connectivity index is 2.04. The number of benzene rings is 2. The van der Waals surface area contributed by atoms with Crippen molar-refractivity contribution in [2.45, 2.75) is 19.3 Å². The zero-order valence-electron chi connectivity index (χ0n) is 10.2. The second-order valence-electron chi connectivity index (χ2n) is 4.34. The van der Waals surface area contributed by atoms with Gasteiger partial charge in [0.1, 0.15) is 5.75 Å². The van der Waals surface area contributed by atoms with Crippen LogP contribution in [0.15, 0.2) is 54.6 Å². The lowest BCUT2D eigenvalue weighted by molar-refractivity contribution is -0.277. The molecule has 0 atom stereocenters. The largest absolute Gasteiger partial charge is 0.439 e. The molecule has 0 saturated heterocycles. The van der Waals surface area contributed by atoms with Crippen LogP contribution in [-0.2, 0) is 6.42 Å². The van der Waals surface area contributed by atoms with Gasteiger partial charge >= 0.3 is 5.97 Å². The maximum atomic E-state index is 9.11. The standard InChI is InChI=1S/C15H16O3/c1-15(16,17)18-14-9-7-13(8-10-14)11-12-5-3-2-4-6-12/h2-10,16-17H,11H2,1H3. The summed E-state index contributed by atoms with van der Waals surface area (Å²) in [6.07, 6.45) is 0.844. The van der Waals surface area contributed by atoms with Gasteiger partial charge in [0.15, 0.2) is 0 Å². The molecule has 2 aromatic carbocycles. The maximum Gasteiger partial charge on any atom is 0.318 e. The van der Waals surface area contributed by atoms with Crippen molar-refractivity contribution < 1.29 is 14.9 Å². The van der Waals surface area contributed by atoms with Crippen molar-refractivity contribution in [3.63, 3.8) is 0 Å². The Hall–Kier alpha value is -1.84. The summed E-state index contributed by atoms with van der Waals surface area (Å²) in [6, 6.07) is 17.4. The van der Waals surface area contributed by atoms with E-state index in [4.69, 9.17) is 14.9 Å². The Kier molecular flexibility index (Phi) is 3.65. The quantitative estimate of drug-likeness (QED) is 0.811. The van der Waals surface area contributed by atoms with E-state index in [1.165, 1.54) is 12.5 Å². The lowest BCUT2D eigenvalue weighted by atomic mass is 10.1. The third kappa shape index (κ3) is 3.87. The molecule has 0 fully saturated rings. The van der Waals surface area contributed by atoms with Crippen LogP contribution in [0.25, 0.3) is 0 Å². The fraction of sp³-hybridized carbons (Fsp3) is 0.200. The molecule has 2 N–H and O–H groups in total. The van der Waals surface area contributed by atoms with Crippen LogP contribution < -0.4 is 4.74 Å². The van der Waals surface area contributed by atoms with E-state index in [9.17, 15) is 0 Å². The lowest BCUT2D eigenvalue weighted by Gasteiger charge is -2.17. The van der Waals surface area contributed by atoms with Gasteiger partial charge in [0, 0.05) is 6.92 Å². The van der Waals surface area contributed by atoms with Crippen molar-refractivity contribution in [1.82, 2.24) is 0 Å². The highest BCUT2D eigenvalue weighted by Crippen LogP contribution is 2.18. The molecule has 0 amide bonds. The summed E-state index contributed by atoms with van der Waals surface area (Å²) in [4.78, 5) is 0. The Morgan fingerprint density at radius 3 is 2.00 bits per heavy atom. The van der Waals surface area contributed by atoms with Crippen molar-refractivity contribution in [2.75, 3.05) is 0 Å². The molecule has 0 heterocycles. The monoisotopic (exact) mass is 244 g/mol. The van der Waals surface area contributed by atoms with Gasteiger partial charge in [0.2, 0.25) is 0 Å². The highest BCUT2D eigenvalue weighted by Gasteiger charge is 2.16. The van der Waals surface area contributed by atoms with Crippen molar-refractivity contribution in [3.8, 4) is 5.75 Å². The molecule has 3 heteroatoms. The van der Waals surface area contributed by atoms with Crippen LogP contribution in [0.2, 0.25) is 0 Å². The average molecular weight is 244 g/mol. The summed E-state index contributed by atoms with van der Waals surface area (Å²) in [5.74, 6) is -1.71. The normalized spacial score (nSPS) is 11.3. The molecule has 2 rings (SSSR count). The number of hydrogen-bond donors (Lipinski definition) is 2. The Morgan fingerprint density at radius 2 is 1.44 bits per heavy atom. The van der Waals surface area contributed by atoms with Gasteiger partial charge in [-0.15, -0.1) is 0 Å². The molecule has 18 heavy (non-hydrogen) atoms. The SMILES string of the molecule is CC(O)(O)Oc1ccc(Cc2ccccc2)cc1. The van der Waals surface area contributed by atoms with Gasteiger partial charge in [-0.3, -0.25) is 0 Å². The van der Waals surface area contributed by atoms with E-state index in [1.807, 2.05) is 30.3 Å². The molecule has 3 nitrogen and oxygen atoms in total. The highest BCUT2D eigenvalue weighted by molar-refractivity contribution is 5.31. The van der Waals surface area contributed by atoms with E-state index in [-0.39, 0.29) is 0 Å². The lowest BCUT2D eigenvalue weighted by Crippen LogP contribution is -2.30. The second kappa shape index (κ2) is 5.21. The molecule has 0 aromatic heterocycles. The van der Waals surface area contributed by atoms with E-state index in [0.29, 0.717) is 5.75 Å². The van der Waals surface area contributed by atoms with E-state index in [1.54, 1.807) is 12.1 Å². The van der Waals surface area contributed by atoms with Crippen LogP contribution >= 0.6 is 0 Å². The first-order chi connectivity index (χ1) is 8.53. The Morgan fingerprint density at radius 1 is 0.889 bits per heavy atom. The predicted octanol–water partition coefficient (Wildman–Crippen LogP) is 2.31. The molecular weight excluding hydrogens is 228 g/mol. The smallest absolute Gasteiger partial charge is 0.318 e. The van der Waals surface area contributed by atoms with Crippen molar-refractivity contribution in [1.29, 1.82) is 0 Å². The van der Waals surface area contributed by atoms with Crippen LogP contribution in [-0.4, -0.2) is 16.2 Å². The van der Waals surface area contributed by atoms with Crippen LogP contribution in [0.5, 0.6) is 5.75 Å². The molecule has 0 saturated carbocycles.